The lowest BCUT2D eigenvalue weighted by Gasteiger charge is -2.25. The van der Waals surface area contributed by atoms with Crippen LogP contribution in [0.15, 0.2) is 36.7 Å². The summed E-state index contributed by atoms with van der Waals surface area (Å²) in [5.74, 6) is -0.215. The van der Waals surface area contributed by atoms with Gasteiger partial charge in [0.2, 0.25) is 0 Å². The minimum atomic E-state index is -0.260. The zero-order valence-electron chi connectivity index (χ0n) is 14.2. The van der Waals surface area contributed by atoms with Crippen LogP contribution in [-0.4, -0.2) is 33.4 Å². The van der Waals surface area contributed by atoms with Crippen molar-refractivity contribution in [3.8, 4) is 5.69 Å². The first-order valence-corrected chi connectivity index (χ1v) is 7.82. The van der Waals surface area contributed by atoms with Crippen molar-refractivity contribution in [3.63, 3.8) is 0 Å². The molecule has 0 saturated heterocycles. The van der Waals surface area contributed by atoms with E-state index in [4.69, 9.17) is 0 Å². The van der Waals surface area contributed by atoms with Gasteiger partial charge in [-0.2, -0.15) is 5.10 Å². The summed E-state index contributed by atoms with van der Waals surface area (Å²) in [4.78, 5) is 12.4. The van der Waals surface area contributed by atoms with E-state index >= 15 is 0 Å². The summed E-state index contributed by atoms with van der Waals surface area (Å²) >= 11 is 0. The van der Waals surface area contributed by atoms with E-state index < -0.39 is 0 Å². The quantitative estimate of drug-likeness (QED) is 0.891. The number of hydrogen-bond donors (Lipinski definition) is 2. The van der Waals surface area contributed by atoms with Gasteiger partial charge in [0.1, 0.15) is 0 Å². The van der Waals surface area contributed by atoms with E-state index in [0.717, 1.165) is 11.3 Å². The number of carbonyl (C=O) groups is 1. The van der Waals surface area contributed by atoms with Gasteiger partial charge < -0.3 is 10.4 Å². The van der Waals surface area contributed by atoms with Crippen LogP contribution >= 0.6 is 0 Å². The molecular formula is C18H25N3O2. The maximum Gasteiger partial charge on any atom is 0.254 e. The first-order chi connectivity index (χ1) is 10.8. The van der Waals surface area contributed by atoms with Gasteiger partial charge in [-0.15, -0.1) is 0 Å². The first-order valence-electron chi connectivity index (χ1n) is 7.82. The molecule has 0 aliphatic carbocycles. The lowest BCUT2D eigenvalue weighted by Crippen LogP contribution is -2.39. The van der Waals surface area contributed by atoms with E-state index in [1.165, 1.54) is 0 Å². The zero-order valence-corrected chi connectivity index (χ0v) is 14.2. The van der Waals surface area contributed by atoms with E-state index in [1.54, 1.807) is 17.1 Å². The monoisotopic (exact) mass is 315 g/mol. The molecule has 1 atom stereocenters. The van der Waals surface area contributed by atoms with Gasteiger partial charge in [0.05, 0.1) is 30.1 Å². The molecule has 0 bridgehead atoms. The molecule has 1 unspecified atom stereocenters. The third-order valence-corrected chi connectivity index (χ3v) is 3.62. The molecule has 1 heterocycles. The number of aliphatic hydroxyl groups is 1. The largest absolute Gasteiger partial charge is 0.394 e. The number of rotatable bonds is 5. The molecule has 2 aromatic rings. The molecule has 5 nitrogen and oxygen atoms in total. The number of aliphatic hydroxyl groups excluding tert-OH is 1. The normalized spacial score (nSPS) is 12.9. The molecule has 1 aromatic heterocycles. The number of carbonyl (C=O) groups excluding carboxylic acids is 1. The number of hydrogen-bond acceptors (Lipinski definition) is 3. The molecule has 0 aliphatic heterocycles. The number of amides is 1. The van der Waals surface area contributed by atoms with Crippen LogP contribution in [0.3, 0.4) is 0 Å². The smallest absolute Gasteiger partial charge is 0.254 e. The summed E-state index contributed by atoms with van der Waals surface area (Å²) in [5, 5.41) is 16.6. The van der Waals surface area contributed by atoms with Crippen LogP contribution < -0.4 is 5.32 Å². The van der Waals surface area contributed by atoms with Gasteiger partial charge in [0, 0.05) is 6.20 Å². The Bertz CT molecular complexity index is 671. The van der Waals surface area contributed by atoms with Crippen molar-refractivity contribution in [2.45, 2.75) is 40.2 Å². The van der Waals surface area contributed by atoms with Gasteiger partial charge in [-0.05, 0) is 30.4 Å². The highest BCUT2D eigenvalue weighted by Crippen LogP contribution is 2.21. The maximum absolute atomic E-state index is 12.4. The zero-order chi connectivity index (χ0) is 17.0. The molecule has 1 aromatic carbocycles. The summed E-state index contributed by atoms with van der Waals surface area (Å²) in [6.07, 6.45) is 3.97. The van der Waals surface area contributed by atoms with Gasteiger partial charge in [0.15, 0.2) is 0 Å². The Morgan fingerprint density at radius 2 is 2.04 bits per heavy atom. The molecule has 0 fully saturated rings. The summed E-state index contributed by atoms with van der Waals surface area (Å²) in [6, 6.07) is 7.61. The van der Waals surface area contributed by atoms with E-state index in [-0.39, 0.29) is 24.0 Å². The molecule has 23 heavy (non-hydrogen) atoms. The number of nitrogens with one attached hydrogen (secondary N) is 1. The Morgan fingerprint density at radius 3 is 2.65 bits per heavy atom. The molecule has 0 spiro atoms. The van der Waals surface area contributed by atoms with Crippen LogP contribution in [0.1, 0.15) is 43.1 Å². The maximum atomic E-state index is 12.4. The molecule has 0 aliphatic rings. The van der Waals surface area contributed by atoms with Crippen LogP contribution in [0.5, 0.6) is 0 Å². The van der Waals surface area contributed by atoms with Crippen LogP contribution in [0.4, 0.5) is 0 Å². The number of para-hydroxylation sites is 1. The predicted molar refractivity (Wildman–Crippen MR) is 90.7 cm³/mol. The fraction of sp³-hybridized carbons (Fsp3) is 0.444. The topological polar surface area (TPSA) is 67.2 Å². The van der Waals surface area contributed by atoms with Crippen molar-refractivity contribution < 1.29 is 9.90 Å². The Morgan fingerprint density at radius 1 is 1.35 bits per heavy atom. The lowest BCUT2D eigenvalue weighted by molar-refractivity contribution is 0.0897. The third-order valence-electron chi connectivity index (χ3n) is 3.62. The Hall–Kier alpha value is -2.14. The van der Waals surface area contributed by atoms with Crippen molar-refractivity contribution >= 4 is 5.91 Å². The van der Waals surface area contributed by atoms with Crippen molar-refractivity contribution in [3.05, 3.63) is 47.8 Å². The number of nitrogens with zero attached hydrogens (tertiary/aromatic N) is 2. The van der Waals surface area contributed by atoms with E-state index in [2.05, 4.69) is 31.2 Å². The molecule has 5 heteroatoms. The molecule has 0 radical (unpaired) electrons. The van der Waals surface area contributed by atoms with Crippen molar-refractivity contribution in [1.29, 1.82) is 0 Å². The summed E-state index contributed by atoms with van der Waals surface area (Å²) < 4.78 is 1.70. The fourth-order valence-electron chi connectivity index (χ4n) is 2.56. The summed E-state index contributed by atoms with van der Waals surface area (Å²) in [7, 11) is 0. The SMILES string of the molecule is Cc1ccccc1-n1cc(C(=O)NC(CO)CC(C)(C)C)cn1. The molecule has 124 valence electrons. The summed E-state index contributed by atoms with van der Waals surface area (Å²) in [6.45, 7) is 8.17. The van der Waals surface area contributed by atoms with Gasteiger partial charge in [-0.3, -0.25) is 4.79 Å². The average molecular weight is 315 g/mol. The number of aromatic nitrogens is 2. The summed E-state index contributed by atoms with van der Waals surface area (Å²) in [5.41, 5.74) is 2.55. The van der Waals surface area contributed by atoms with Gasteiger partial charge in [0.25, 0.3) is 5.91 Å². The second-order valence-electron chi connectivity index (χ2n) is 7.08. The van der Waals surface area contributed by atoms with Gasteiger partial charge in [-0.25, -0.2) is 4.68 Å². The fourth-order valence-corrected chi connectivity index (χ4v) is 2.56. The van der Waals surface area contributed by atoms with Crippen LogP contribution in [0.2, 0.25) is 0 Å². The van der Waals surface area contributed by atoms with E-state index in [9.17, 15) is 9.90 Å². The standard InChI is InChI=1S/C18H25N3O2/c1-13-7-5-6-8-16(13)21-11-14(10-19-21)17(23)20-15(12-22)9-18(2,3)4/h5-8,10-11,15,22H,9,12H2,1-4H3,(H,20,23). The van der Waals surface area contributed by atoms with Crippen molar-refractivity contribution in [2.24, 2.45) is 5.41 Å². The predicted octanol–water partition coefficient (Wildman–Crippen LogP) is 2.71. The lowest BCUT2D eigenvalue weighted by atomic mass is 9.88. The van der Waals surface area contributed by atoms with Gasteiger partial charge in [-0.1, -0.05) is 39.0 Å². The number of benzene rings is 1. The van der Waals surface area contributed by atoms with Crippen LogP contribution in [0, 0.1) is 12.3 Å². The second-order valence-corrected chi connectivity index (χ2v) is 7.08. The molecular weight excluding hydrogens is 290 g/mol. The van der Waals surface area contributed by atoms with Gasteiger partial charge >= 0.3 is 0 Å². The highest BCUT2D eigenvalue weighted by Gasteiger charge is 2.21. The van der Waals surface area contributed by atoms with E-state index in [1.807, 2.05) is 31.2 Å². The Labute approximate surface area is 137 Å². The Balaban J connectivity index is 2.11. The highest BCUT2D eigenvalue weighted by atomic mass is 16.3. The van der Waals surface area contributed by atoms with Crippen LogP contribution in [0.25, 0.3) is 5.69 Å². The van der Waals surface area contributed by atoms with E-state index in [0.29, 0.717) is 12.0 Å². The van der Waals surface area contributed by atoms with Crippen molar-refractivity contribution in [1.82, 2.24) is 15.1 Å². The minimum Gasteiger partial charge on any atom is -0.394 e. The molecule has 2 N–H and O–H groups in total. The highest BCUT2D eigenvalue weighted by molar-refractivity contribution is 5.94. The minimum absolute atomic E-state index is 0.0337. The third kappa shape index (κ3) is 4.66. The number of aryl methyl sites for hydroxylation is 1. The average Bonchev–Trinajstić information content (AvgIpc) is 2.95. The molecule has 0 saturated carbocycles. The first kappa shape index (κ1) is 17.2. The van der Waals surface area contributed by atoms with Crippen molar-refractivity contribution in [2.75, 3.05) is 6.61 Å². The molecule has 2 rings (SSSR count). The Kier molecular flexibility index (Phi) is 5.21. The second kappa shape index (κ2) is 6.96. The van der Waals surface area contributed by atoms with Crippen LogP contribution in [-0.2, 0) is 0 Å². The molecule has 1 amide bonds.